The summed E-state index contributed by atoms with van der Waals surface area (Å²) in [6, 6.07) is 11.3. The Morgan fingerprint density at radius 2 is 1.61 bits per heavy atom. The van der Waals surface area contributed by atoms with E-state index in [2.05, 4.69) is 4.98 Å². The van der Waals surface area contributed by atoms with E-state index >= 15 is 0 Å². The van der Waals surface area contributed by atoms with Crippen molar-refractivity contribution in [1.29, 1.82) is 0 Å². The van der Waals surface area contributed by atoms with Crippen molar-refractivity contribution in [3.8, 4) is 0 Å². The van der Waals surface area contributed by atoms with E-state index in [-0.39, 0.29) is 6.10 Å². The quantitative estimate of drug-likeness (QED) is 0.332. The number of hydrogen-bond donors (Lipinski definition) is 0. The van der Waals surface area contributed by atoms with E-state index in [9.17, 15) is 0 Å². The van der Waals surface area contributed by atoms with Crippen molar-refractivity contribution in [3.63, 3.8) is 0 Å². The molecular formula is C20H18Cl4N2OS. The molecule has 1 atom stereocenters. The lowest BCUT2D eigenvalue weighted by molar-refractivity contribution is 0.0450. The molecule has 0 amide bonds. The van der Waals surface area contributed by atoms with E-state index in [4.69, 9.17) is 51.1 Å². The lowest BCUT2D eigenvalue weighted by Gasteiger charge is -2.19. The smallest absolute Gasteiger partial charge is 0.0946 e. The van der Waals surface area contributed by atoms with Gasteiger partial charge in [-0.25, -0.2) is 4.98 Å². The molecule has 0 bridgehead atoms. The summed E-state index contributed by atoms with van der Waals surface area (Å²) >= 11 is 25.9. The number of rotatable bonds is 9. The molecule has 0 fully saturated rings. The second-order valence-electron chi connectivity index (χ2n) is 6.20. The third-order valence-corrected chi connectivity index (χ3v) is 6.62. The first-order chi connectivity index (χ1) is 13.5. The summed E-state index contributed by atoms with van der Waals surface area (Å²) in [6.45, 7) is 1.18. The number of thioether (sulfide) groups is 1. The van der Waals surface area contributed by atoms with E-state index in [1.807, 2.05) is 41.1 Å². The third kappa shape index (κ3) is 6.58. The van der Waals surface area contributed by atoms with Gasteiger partial charge in [-0.3, -0.25) is 0 Å². The largest absolute Gasteiger partial charge is 0.371 e. The Kier molecular flexibility index (Phi) is 8.39. The van der Waals surface area contributed by atoms with Crippen LogP contribution in [-0.4, -0.2) is 21.4 Å². The first-order valence-corrected chi connectivity index (χ1v) is 11.2. The Morgan fingerprint density at radius 3 is 2.25 bits per heavy atom. The Morgan fingerprint density at radius 1 is 0.929 bits per heavy atom. The SMILES string of the molecule is Clc1ccc(COC(CSCc2ccc(Cl)c(Cl)c2)Cn2ccnc2)cc1Cl. The van der Waals surface area contributed by atoms with Gasteiger partial charge in [-0.2, -0.15) is 11.8 Å². The van der Waals surface area contributed by atoms with Crippen LogP contribution in [0.2, 0.25) is 20.1 Å². The minimum atomic E-state index is 0.0106. The van der Waals surface area contributed by atoms with E-state index in [0.29, 0.717) is 26.7 Å². The van der Waals surface area contributed by atoms with Crippen molar-refractivity contribution >= 4 is 58.2 Å². The number of nitrogens with zero attached hydrogens (tertiary/aromatic N) is 2. The second kappa shape index (κ2) is 10.8. The summed E-state index contributed by atoms with van der Waals surface area (Å²) in [4.78, 5) is 4.10. The van der Waals surface area contributed by atoms with Crippen LogP contribution < -0.4 is 0 Å². The fraction of sp³-hybridized carbons (Fsp3) is 0.250. The summed E-state index contributed by atoms with van der Waals surface area (Å²) < 4.78 is 8.17. The highest BCUT2D eigenvalue weighted by Crippen LogP contribution is 2.26. The van der Waals surface area contributed by atoms with Crippen LogP contribution in [0.3, 0.4) is 0 Å². The van der Waals surface area contributed by atoms with Crippen LogP contribution in [-0.2, 0) is 23.6 Å². The van der Waals surface area contributed by atoms with Crippen molar-refractivity contribution in [3.05, 3.63) is 86.3 Å². The highest BCUT2D eigenvalue weighted by atomic mass is 35.5. The summed E-state index contributed by atoms with van der Waals surface area (Å²) in [5.74, 6) is 1.65. The van der Waals surface area contributed by atoms with Gasteiger partial charge >= 0.3 is 0 Å². The second-order valence-corrected chi connectivity index (χ2v) is 8.86. The molecule has 1 unspecified atom stereocenters. The molecule has 0 N–H and O–H groups in total. The maximum Gasteiger partial charge on any atom is 0.0946 e. The molecule has 0 aliphatic carbocycles. The zero-order valence-electron chi connectivity index (χ0n) is 14.8. The standard InChI is InChI=1S/C20H18Cl4N2OS/c21-17-3-1-14(7-19(17)23)10-27-16(9-26-6-5-25-13-26)12-28-11-15-2-4-18(22)20(24)8-15/h1-8,13,16H,9-12H2. The van der Waals surface area contributed by atoms with Crippen molar-refractivity contribution in [2.75, 3.05) is 5.75 Å². The van der Waals surface area contributed by atoms with Gasteiger partial charge in [0.15, 0.2) is 0 Å². The lowest BCUT2D eigenvalue weighted by atomic mass is 10.2. The summed E-state index contributed by atoms with van der Waals surface area (Å²) in [5.41, 5.74) is 2.12. The average molecular weight is 476 g/mol. The van der Waals surface area contributed by atoms with Crippen molar-refractivity contribution in [2.45, 2.75) is 25.0 Å². The molecule has 0 aliphatic rings. The van der Waals surface area contributed by atoms with Gasteiger partial charge in [-0.05, 0) is 35.4 Å². The Balaban J connectivity index is 1.57. The van der Waals surface area contributed by atoms with Crippen LogP contribution in [0.5, 0.6) is 0 Å². The lowest BCUT2D eigenvalue weighted by Crippen LogP contribution is -2.22. The molecule has 0 saturated heterocycles. The number of aromatic nitrogens is 2. The molecule has 0 spiro atoms. The van der Waals surface area contributed by atoms with E-state index < -0.39 is 0 Å². The van der Waals surface area contributed by atoms with E-state index in [0.717, 1.165) is 29.2 Å². The predicted octanol–water partition coefficient (Wildman–Crippen LogP) is 7.02. The van der Waals surface area contributed by atoms with Crippen molar-refractivity contribution < 1.29 is 4.74 Å². The molecule has 8 heteroatoms. The normalized spacial score (nSPS) is 12.3. The Labute approximate surface area is 188 Å². The average Bonchev–Trinajstić information content (AvgIpc) is 3.18. The van der Waals surface area contributed by atoms with Gasteiger partial charge in [-0.15, -0.1) is 0 Å². The van der Waals surface area contributed by atoms with Gasteiger partial charge in [-0.1, -0.05) is 58.5 Å². The summed E-state index contributed by atoms with van der Waals surface area (Å²) in [7, 11) is 0. The topological polar surface area (TPSA) is 27.1 Å². The Bertz CT molecular complexity index is 905. The summed E-state index contributed by atoms with van der Waals surface area (Å²) in [5, 5.41) is 2.21. The van der Waals surface area contributed by atoms with Gasteiger partial charge in [0.1, 0.15) is 0 Å². The molecule has 3 nitrogen and oxygen atoms in total. The van der Waals surface area contributed by atoms with Crippen LogP contribution in [0.1, 0.15) is 11.1 Å². The van der Waals surface area contributed by atoms with Crippen LogP contribution in [0.4, 0.5) is 0 Å². The zero-order valence-corrected chi connectivity index (χ0v) is 18.7. The number of hydrogen-bond acceptors (Lipinski definition) is 3. The molecule has 148 valence electrons. The monoisotopic (exact) mass is 474 g/mol. The number of ether oxygens (including phenoxy) is 1. The molecule has 2 aromatic carbocycles. The van der Waals surface area contributed by atoms with Crippen LogP contribution in [0.25, 0.3) is 0 Å². The van der Waals surface area contributed by atoms with Crippen LogP contribution in [0, 0.1) is 0 Å². The summed E-state index contributed by atoms with van der Waals surface area (Å²) in [6.07, 6.45) is 5.49. The molecule has 0 aliphatic heterocycles. The molecule has 28 heavy (non-hydrogen) atoms. The fourth-order valence-electron chi connectivity index (χ4n) is 2.56. The van der Waals surface area contributed by atoms with E-state index in [1.165, 1.54) is 0 Å². The van der Waals surface area contributed by atoms with Gasteiger partial charge in [0.25, 0.3) is 0 Å². The molecule has 0 saturated carbocycles. The molecular weight excluding hydrogens is 458 g/mol. The third-order valence-electron chi connectivity index (χ3n) is 4.00. The number of halogens is 4. The van der Waals surface area contributed by atoms with Gasteiger partial charge in [0.05, 0.1) is 45.7 Å². The van der Waals surface area contributed by atoms with Crippen molar-refractivity contribution in [1.82, 2.24) is 9.55 Å². The maximum atomic E-state index is 6.16. The van der Waals surface area contributed by atoms with Crippen molar-refractivity contribution in [2.24, 2.45) is 0 Å². The van der Waals surface area contributed by atoms with Gasteiger partial charge in [0.2, 0.25) is 0 Å². The van der Waals surface area contributed by atoms with E-state index in [1.54, 1.807) is 30.4 Å². The highest BCUT2D eigenvalue weighted by Gasteiger charge is 2.12. The highest BCUT2D eigenvalue weighted by molar-refractivity contribution is 7.98. The molecule has 3 aromatic rings. The molecule has 1 aromatic heterocycles. The molecule has 1 heterocycles. The zero-order chi connectivity index (χ0) is 19.9. The predicted molar refractivity (Wildman–Crippen MR) is 120 cm³/mol. The van der Waals surface area contributed by atoms with Gasteiger partial charge in [0, 0.05) is 23.9 Å². The minimum absolute atomic E-state index is 0.0106. The first kappa shape index (κ1) is 21.8. The Hall–Kier alpha value is -0.880. The first-order valence-electron chi connectivity index (χ1n) is 8.54. The van der Waals surface area contributed by atoms with Crippen LogP contribution >= 0.6 is 58.2 Å². The number of benzene rings is 2. The molecule has 0 radical (unpaired) electrons. The maximum absolute atomic E-state index is 6.16. The van der Waals surface area contributed by atoms with Gasteiger partial charge < -0.3 is 9.30 Å². The fourth-order valence-corrected chi connectivity index (χ4v) is 4.20. The molecule has 3 rings (SSSR count). The number of imidazole rings is 1. The van der Waals surface area contributed by atoms with Crippen LogP contribution in [0.15, 0.2) is 55.1 Å². The minimum Gasteiger partial charge on any atom is -0.371 e.